The first kappa shape index (κ1) is 39.7. The number of benzene rings is 3. The molecular formula is C44H48N6O8. The highest BCUT2D eigenvalue weighted by atomic mass is 16.5. The van der Waals surface area contributed by atoms with Crippen molar-refractivity contribution in [2.75, 3.05) is 26.9 Å². The smallest absolute Gasteiger partial charge is 0.330 e. The number of rotatable bonds is 15. The number of carboxylic acids is 1. The van der Waals surface area contributed by atoms with Crippen LogP contribution in [0.25, 0.3) is 27.9 Å². The standard InChI is InChI=1S/C44H48N6O8/c1-5-29-22-44(29,42(53)54)49-40(51)36-20-32(58-37-21-34(27-12-8-6-9-13-27)48-35-19-31(56-4)16-17-33(35)37)24-50(36)43(55)47-30(18-26(2)3)23-45-41(52)38-39(57-25-46-38)28-14-10-7-11-15-28/h5-17,19,21,26,29-30,32,36,46H,1,18,20,22-25H2,2-4H3,(H,45,52)(H,47,55)(H,49,51)(H,53,54)/t29?,30-,32?,36-,44+/m0/s1. The molecule has 1 saturated carbocycles. The molecule has 1 saturated heterocycles. The molecule has 1 aliphatic carbocycles. The Morgan fingerprint density at radius 3 is 2.43 bits per heavy atom. The van der Waals surface area contributed by atoms with Crippen LogP contribution >= 0.6 is 0 Å². The summed E-state index contributed by atoms with van der Waals surface area (Å²) in [5.41, 5.74) is 1.71. The number of carbonyl (C=O) groups is 4. The van der Waals surface area contributed by atoms with Crippen molar-refractivity contribution < 1.29 is 38.5 Å². The van der Waals surface area contributed by atoms with Gasteiger partial charge >= 0.3 is 12.0 Å². The van der Waals surface area contributed by atoms with E-state index in [2.05, 4.69) is 27.8 Å². The maximum atomic E-state index is 14.3. The number of carbonyl (C=O) groups excluding carboxylic acids is 3. The summed E-state index contributed by atoms with van der Waals surface area (Å²) < 4.78 is 17.9. The number of hydrogen-bond donors (Lipinski definition) is 5. The summed E-state index contributed by atoms with van der Waals surface area (Å²) in [6, 6.07) is 24.1. The van der Waals surface area contributed by atoms with Gasteiger partial charge in [-0.05, 0) is 30.9 Å². The number of aromatic nitrogens is 1. The quantitative estimate of drug-likeness (QED) is 0.102. The molecule has 5 atom stereocenters. The van der Waals surface area contributed by atoms with E-state index in [1.165, 1.54) is 11.0 Å². The van der Waals surface area contributed by atoms with Crippen LogP contribution in [0.5, 0.6) is 11.5 Å². The van der Waals surface area contributed by atoms with Crippen molar-refractivity contribution in [3.8, 4) is 22.8 Å². The van der Waals surface area contributed by atoms with Gasteiger partial charge in [-0.15, -0.1) is 6.58 Å². The normalized spacial score (nSPS) is 21.4. The van der Waals surface area contributed by atoms with Gasteiger partial charge in [-0.25, -0.2) is 14.6 Å². The molecule has 5 N–H and O–H groups in total. The molecule has 7 rings (SSSR count). The molecule has 3 aromatic carbocycles. The molecule has 14 nitrogen and oxygen atoms in total. The lowest BCUT2D eigenvalue weighted by atomic mass is 10.0. The fourth-order valence-corrected chi connectivity index (χ4v) is 7.67. The molecule has 4 aromatic rings. The minimum atomic E-state index is -1.50. The molecule has 0 radical (unpaired) electrons. The van der Waals surface area contributed by atoms with Crippen molar-refractivity contribution in [2.45, 2.75) is 56.8 Å². The van der Waals surface area contributed by atoms with Crippen LogP contribution in [0.4, 0.5) is 4.79 Å². The van der Waals surface area contributed by atoms with Gasteiger partial charge in [0, 0.05) is 53.6 Å². The van der Waals surface area contributed by atoms with Gasteiger partial charge < -0.3 is 45.5 Å². The average molecular weight is 789 g/mol. The van der Waals surface area contributed by atoms with Crippen molar-refractivity contribution in [1.29, 1.82) is 0 Å². The average Bonchev–Trinajstić information content (AvgIpc) is 3.50. The monoisotopic (exact) mass is 788 g/mol. The van der Waals surface area contributed by atoms with Crippen molar-refractivity contribution in [2.24, 2.45) is 11.8 Å². The Kier molecular flexibility index (Phi) is 11.5. The highest BCUT2D eigenvalue weighted by Crippen LogP contribution is 2.45. The third-order valence-electron chi connectivity index (χ3n) is 10.7. The molecule has 58 heavy (non-hydrogen) atoms. The summed E-state index contributed by atoms with van der Waals surface area (Å²) in [6.07, 6.45) is 1.66. The van der Waals surface area contributed by atoms with Gasteiger partial charge in [-0.2, -0.15) is 0 Å². The maximum absolute atomic E-state index is 14.3. The van der Waals surface area contributed by atoms with Crippen LogP contribution in [0.2, 0.25) is 0 Å². The number of pyridine rings is 1. The van der Waals surface area contributed by atoms with Crippen LogP contribution in [0, 0.1) is 11.8 Å². The summed E-state index contributed by atoms with van der Waals surface area (Å²) in [4.78, 5) is 60.5. The molecule has 0 spiro atoms. The van der Waals surface area contributed by atoms with Crippen LogP contribution in [0.3, 0.4) is 0 Å². The van der Waals surface area contributed by atoms with E-state index >= 15 is 0 Å². The highest BCUT2D eigenvalue weighted by molar-refractivity contribution is 6.00. The predicted octanol–water partition coefficient (Wildman–Crippen LogP) is 5.06. The topological polar surface area (TPSA) is 180 Å². The zero-order valence-corrected chi connectivity index (χ0v) is 32.7. The molecule has 4 amide bonds. The molecule has 3 aliphatic rings. The molecule has 302 valence electrons. The Bertz CT molecular complexity index is 2230. The van der Waals surface area contributed by atoms with Gasteiger partial charge in [0.05, 0.1) is 24.9 Å². The second-order valence-corrected chi connectivity index (χ2v) is 15.2. The summed E-state index contributed by atoms with van der Waals surface area (Å²) in [6.45, 7) is 8.02. The van der Waals surface area contributed by atoms with Crippen LogP contribution < -0.4 is 30.7 Å². The SMILES string of the molecule is C=CC1C[C@]1(NC(=O)[C@@H]1CC(Oc2cc(-c3ccccc3)nc3cc(OC)ccc23)CN1C(=O)N[C@H](CNC(=O)C1=C(c2ccccc2)OCN1)CC(C)C)C(=O)O. The lowest BCUT2D eigenvalue weighted by molar-refractivity contribution is -0.144. The van der Waals surface area contributed by atoms with Crippen molar-refractivity contribution in [3.05, 3.63) is 109 Å². The number of ether oxygens (including phenoxy) is 3. The van der Waals surface area contributed by atoms with Gasteiger partial charge in [0.1, 0.15) is 34.9 Å². The Labute approximate surface area is 336 Å². The van der Waals surface area contributed by atoms with Crippen LogP contribution in [0.1, 0.15) is 38.7 Å². The van der Waals surface area contributed by atoms with Crippen molar-refractivity contribution in [3.63, 3.8) is 0 Å². The van der Waals surface area contributed by atoms with E-state index in [9.17, 15) is 24.3 Å². The summed E-state index contributed by atoms with van der Waals surface area (Å²) in [5, 5.41) is 22.5. The van der Waals surface area contributed by atoms with Gasteiger partial charge in [0.15, 0.2) is 12.5 Å². The number of hydrogen-bond acceptors (Lipinski definition) is 9. The van der Waals surface area contributed by atoms with E-state index in [-0.39, 0.29) is 44.5 Å². The lowest BCUT2D eigenvalue weighted by Gasteiger charge is -2.29. The minimum Gasteiger partial charge on any atom is -0.497 e. The number of fused-ring (bicyclic) bond motifs is 1. The predicted molar refractivity (Wildman–Crippen MR) is 217 cm³/mol. The Hall–Kier alpha value is -6.57. The Morgan fingerprint density at radius 1 is 1.05 bits per heavy atom. The second-order valence-electron chi connectivity index (χ2n) is 15.2. The Morgan fingerprint density at radius 2 is 1.78 bits per heavy atom. The number of nitrogens with one attached hydrogen (secondary N) is 4. The summed E-state index contributed by atoms with van der Waals surface area (Å²) in [7, 11) is 1.58. The van der Waals surface area contributed by atoms with Crippen molar-refractivity contribution in [1.82, 2.24) is 31.2 Å². The zero-order chi connectivity index (χ0) is 41.0. The molecule has 2 fully saturated rings. The summed E-state index contributed by atoms with van der Waals surface area (Å²) >= 11 is 0. The number of urea groups is 1. The number of amides is 4. The fraction of sp³-hybridized carbons (Fsp3) is 0.341. The molecule has 14 heteroatoms. The van der Waals surface area contributed by atoms with Crippen LogP contribution in [0.15, 0.2) is 103 Å². The molecule has 2 aliphatic heterocycles. The third kappa shape index (κ3) is 8.41. The van der Waals surface area contributed by atoms with Gasteiger partial charge in [-0.1, -0.05) is 80.6 Å². The Balaban J connectivity index is 1.14. The van der Waals surface area contributed by atoms with Crippen LogP contribution in [-0.2, 0) is 19.1 Å². The maximum Gasteiger partial charge on any atom is 0.330 e. The first-order valence-corrected chi connectivity index (χ1v) is 19.4. The number of carboxylic acid groups (broad SMARTS) is 1. The van der Waals surface area contributed by atoms with E-state index in [4.69, 9.17) is 19.2 Å². The van der Waals surface area contributed by atoms with E-state index in [1.54, 1.807) is 7.11 Å². The minimum absolute atomic E-state index is 0.0187. The van der Waals surface area contributed by atoms with Gasteiger partial charge in [0.25, 0.3) is 5.91 Å². The first-order chi connectivity index (χ1) is 28.0. The van der Waals surface area contributed by atoms with E-state index < -0.39 is 47.6 Å². The molecule has 0 bridgehead atoms. The number of aliphatic carboxylic acids is 1. The fourth-order valence-electron chi connectivity index (χ4n) is 7.67. The third-order valence-corrected chi connectivity index (χ3v) is 10.7. The van der Waals surface area contributed by atoms with Gasteiger partial charge in [0.2, 0.25) is 5.91 Å². The van der Waals surface area contributed by atoms with Crippen LogP contribution in [-0.4, -0.2) is 89.5 Å². The molecule has 2 unspecified atom stereocenters. The molecule has 1 aromatic heterocycles. The number of nitrogens with zero attached hydrogens (tertiary/aromatic N) is 2. The van der Waals surface area contributed by atoms with Crippen molar-refractivity contribution >= 4 is 40.5 Å². The highest BCUT2D eigenvalue weighted by Gasteiger charge is 2.61. The number of likely N-dealkylation sites (tertiary alicyclic amines) is 1. The number of methoxy groups -OCH3 is 1. The molecular weight excluding hydrogens is 741 g/mol. The largest absolute Gasteiger partial charge is 0.497 e. The lowest BCUT2D eigenvalue weighted by Crippen LogP contribution is -2.56. The van der Waals surface area contributed by atoms with E-state index in [0.29, 0.717) is 46.0 Å². The zero-order valence-electron chi connectivity index (χ0n) is 32.7. The van der Waals surface area contributed by atoms with E-state index in [0.717, 1.165) is 11.1 Å². The summed E-state index contributed by atoms with van der Waals surface area (Å²) in [5.74, 6) is -0.908. The van der Waals surface area contributed by atoms with E-state index in [1.807, 2.05) is 98.8 Å². The first-order valence-electron chi connectivity index (χ1n) is 19.4. The second kappa shape index (κ2) is 16.9. The molecule has 3 heterocycles. The van der Waals surface area contributed by atoms with Gasteiger partial charge in [-0.3, -0.25) is 9.59 Å².